The van der Waals surface area contributed by atoms with E-state index in [1.165, 1.54) is 0 Å². The van der Waals surface area contributed by atoms with E-state index >= 15 is 0 Å². The largest absolute Gasteiger partial charge is 0.343 e. The Kier molecular flexibility index (Phi) is 6.51. The summed E-state index contributed by atoms with van der Waals surface area (Å²) in [7, 11) is 0. The predicted molar refractivity (Wildman–Crippen MR) is 95.2 cm³/mol. The van der Waals surface area contributed by atoms with Crippen LogP contribution in [0, 0.1) is 0 Å². The van der Waals surface area contributed by atoms with E-state index in [1.54, 1.807) is 24.3 Å². The molecular weight excluding hydrogens is 326 g/mol. The van der Waals surface area contributed by atoms with Crippen LogP contribution in [-0.2, 0) is 11.2 Å². The number of benzene rings is 2. The molecule has 5 nitrogen and oxygen atoms in total. The maximum Gasteiger partial charge on any atom is 0.259 e. The number of hydrogen-bond acceptors (Lipinski definition) is 3. The first kappa shape index (κ1) is 17.7. The molecular formula is C18H18ClN3O2. The number of hydrazone groups is 1. The van der Waals surface area contributed by atoms with E-state index in [4.69, 9.17) is 11.6 Å². The van der Waals surface area contributed by atoms with Crippen molar-refractivity contribution >= 4 is 29.1 Å². The number of hydrogen-bond donors (Lipinski definition) is 2. The van der Waals surface area contributed by atoms with Crippen molar-refractivity contribution in [2.24, 2.45) is 5.10 Å². The SMILES string of the molecule is CC(Cc1ccccc1)=NNC(=O)CNC(=O)c1ccccc1Cl. The third-order valence-corrected chi connectivity index (χ3v) is 3.53. The maximum atomic E-state index is 11.9. The van der Waals surface area contributed by atoms with Crippen LogP contribution >= 0.6 is 11.6 Å². The quantitative estimate of drug-likeness (QED) is 0.625. The Labute approximate surface area is 145 Å². The number of nitrogens with zero attached hydrogens (tertiary/aromatic N) is 1. The van der Waals surface area contributed by atoms with Crippen LogP contribution in [0.2, 0.25) is 5.02 Å². The molecule has 0 aliphatic rings. The minimum absolute atomic E-state index is 0.174. The van der Waals surface area contributed by atoms with Crippen LogP contribution in [0.4, 0.5) is 0 Å². The van der Waals surface area contributed by atoms with Crippen molar-refractivity contribution in [2.45, 2.75) is 13.3 Å². The van der Waals surface area contributed by atoms with Gasteiger partial charge in [0, 0.05) is 12.1 Å². The van der Waals surface area contributed by atoms with Gasteiger partial charge in [-0.1, -0.05) is 54.1 Å². The van der Waals surface area contributed by atoms with Crippen molar-refractivity contribution in [3.63, 3.8) is 0 Å². The molecule has 0 atom stereocenters. The summed E-state index contributed by atoms with van der Waals surface area (Å²) in [6, 6.07) is 16.5. The molecule has 0 spiro atoms. The zero-order chi connectivity index (χ0) is 17.4. The standard InChI is InChI=1S/C18H18ClN3O2/c1-13(11-14-7-3-2-4-8-14)21-22-17(23)12-20-18(24)15-9-5-6-10-16(15)19/h2-10H,11-12H2,1H3,(H,20,24)(H,22,23). The van der Waals surface area contributed by atoms with Crippen molar-refractivity contribution in [2.75, 3.05) is 6.54 Å². The number of nitrogens with one attached hydrogen (secondary N) is 2. The van der Waals surface area contributed by atoms with E-state index in [9.17, 15) is 9.59 Å². The molecule has 2 aromatic carbocycles. The first-order chi connectivity index (χ1) is 11.6. The van der Waals surface area contributed by atoms with Gasteiger partial charge in [-0.2, -0.15) is 5.10 Å². The summed E-state index contributed by atoms with van der Waals surface area (Å²) < 4.78 is 0. The van der Waals surface area contributed by atoms with Gasteiger partial charge in [-0.15, -0.1) is 0 Å². The summed E-state index contributed by atoms with van der Waals surface area (Å²) in [6.07, 6.45) is 0.646. The van der Waals surface area contributed by atoms with Gasteiger partial charge in [0.05, 0.1) is 17.1 Å². The number of amides is 2. The molecule has 0 saturated carbocycles. The molecule has 0 bridgehead atoms. The lowest BCUT2D eigenvalue weighted by atomic mass is 10.1. The third-order valence-electron chi connectivity index (χ3n) is 3.20. The molecule has 2 rings (SSSR count). The van der Waals surface area contributed by atoms with E-state index in [1.807, 2.05) is 37.3 Å². The second-order valence-corrected chi connectivity index (χ2v) is 5.61. The Morgan fingerprint density at radius 3 is 2.42 bits per heavy atom. The second-order valence-electron chi connectivity index (χ2n) is 5.21. The molecule has 2 aromatic rings. The van der Waals surface area contributed by atoms with Crippen molar-refractivity contribution in [3.8, 4) is 0 Å². The van der Waals surface area contributed by atoms with Gasteiger partial charge in [0.1, 0.15) is 0 Å². The number of carbonyl (C=O) groups is 2. The lowest BCUT2D eigenvalue weighted by Gasteiger charge is -2.06. The van der Waals surface area contributed by atoms with E-state index < -0.39 is 11.8 Å². The summed E-state index contributed by atoms with van der Waals surface area (Å²) in [5, 5.41) is 6.88. The van der Waals surface area contributed by atoms with Gasteiger partial charge in [0.15, 0.2) is 0 Å². The van der Waals surface area contributed by atoms with Crippen molar-refractivity contribution in [1.29, 1.82) is 0 Å². The molecule has 0 aliphatic carbocycles. The molecule has 6 heteroatoms. The minimum atomic E-state index is -0.402. The lowest BCUT2D eigenvalue weighted by Crippen LogP contribution is -2.35. The van der Waals surface area contributed by atoms with E-state index in [0.717, 1.165) is 11.3 Å². The average molecular weight is 344 g/mol. The molecule has 2 N–H and O–H groups in total. The lowest BCUT2D eigenvalue weighted by molar-refractivity contribution is -0.120. The smallest absolute Gasteiger partial charge is 0.259 e. The second kappa shape index (κ2) is 8.84. The average Bonchev–Trinajstić information content (AvgIpc) is 2.59. The Balaban J connectivity index is 1.80. The molecule has 124 valence electrons. The van der Waals surface area contributed by atoms with Gasteiger partial charge < -0.3 is 5.32 Å². The van der Waals surface area contributed by atoms with Crippen LogP contribution in [0.15, 0.2) is 59.7 Å². The summed E-state index contributed by atoms with van der Waals surface area (Å²) in [4.78, 5) is 23.7. The normalized spacial score (nSPS) is 11.0. The van der Waals surface area contributed by atoms with Gasteiger partial charge >= 0.3 is 0 Å². The topological polar surface area (TPSA) is 70.6 Å². The monoisotopic (exact) mass is 343 g/mol. The Bertz CT molecular complexity index is 745. The fourth-order valence-corrected chi connectivity index (χ4v) is 2.25. The first-order valence-corrected chi connectivity index (χ1v) is 7.82. The Morgan fingerprint density at radius 1 is 1.04 bits per heavy atom. The third kappa shape index (κ3) is 5.52. The predicted octanol–water partition coefficient (Wildman–Crippen LogP) is 2.80. The van der Waals surface area contributed by atoms with Gasteiger partial charge in [0.25, 0.3) is 11.8 Å². The van der Waals surface area contributed by atoms with Crippen LogP contribution in [0.5, 0.6) is 0 Å². The maximum absolute atomic E-state index is 11.9. The van der Waals surface area contributed by atoms with Crippen molar-refractivity contribution < 1.29 is 9.59 Å². The van der Waals surface area contributed by atoms with Crippen LogP contribution in [0.25, 0.3) is 0 Å². The highest BCUT2D eigenvalue weighted by atomic mass is 35.5. The minimum Gasteiger partial charge on any atom is -0.343 e. The fraction of sp³-hybridized carbons (Fsp3) is 0.167. The molecule has 0 fully saturated rings. The Morgan fingerprint density at radius 2 is 1.71 bits per heavy atom. The summed E-state index contributed by atoms with van der Waals surface area (Å²) in [5.74, 6) is -0.802. The van der Waals surface area contributed by atoms with Crippen LogP contribution < -0.4 is 10.7 Å². The zero-order valence-electron chi connectivity index (χ0n) is 13.3. The molecule has 0 radical (unpaired) electrons. The van der Waals surface area contributed by atoms with E-state index in [-0.39, 0.29) is 6.54 Å². The van der Waals surface area contributed by atoms with E-state index in [0.29, 0.717) is 17.0 Å². The van der Waals surface area contributed by atoms with Crippen LogP contribution in [0.3, 0.4) is 0 Å². The molecule has 0 aromatic heterocycles. The molecule has 24 heavy (non-hydrogen) atoms. The first-order valence-electron chi connectivity index (χ1n) is 7.45. The van der Waals surface area contributed by atoms with Crippen molar-refractivity contribution in [3.05, 3.63) is 70.7 Å². The number of rotatable bonds is 6. The van der Waals surface area contributed by atoms with Gasteiger partial charge in [-0.05, 0) is 24.6 Å². The van der Waals surface area contributed by atoms with Gasteiger partial charge in [0.2, 0.25) is 0 Å². The number of carbonyl (C=O) groups excluding carboxylic acids is 2. The van der Waals surface area contributed by atoms with E-state index in [2.05, 4.69) is 15.8 Å². The molecule has 0 saturated heterocycles. The van der Waals surface area contributed by atoms with Gasteiger partial charge in [-0.25, -0.2) is 5.43 Å². The summed E-state index contributed by atoms with van der Waals surface area (Å²) in [6.45, 7) is 1.65. The molecule has 2 amide bonds. The highest BCUT2D eigenvalue weighted by molar-refractivity contribution is 6.33. The van der Waals surface area contributed by atoms with Crippen LogP contribution in [0.1, 0.15) is 22.8 Å². The highest BCUT2D eigenvalue weighted by Crippen LogP contribution is 2.14. The molecule has 0 aliphatic heterocycles. The summed E-state index contributed by atoms with van der Waals surface area (Å²) >= 11 is 5.93. The number of halogens is 1. The Hall–Kier alpha value is -2.66. The molecule has 0 unspecified atom stereocenters. The van der Waals surface area contributed by atoms with Crippen molar-refractivity contribution in [1.82, 2.24) is 10.7 Å². The van der Waals surface area contributed by atoms with Crippen LogP contribution in [-0.4, -0.2) is 24.1 Å². The fourth-order valence-electron chi connectivity index (χ4n) is 2.03. The zero-order valence-corrected chi connectivity index (χ0v) is 14.0. The highest BCUT2D eigenvalue weighted by Gasteiger charge is 2.10. The van der Waals surface area contributed by atoms with Gasteiger partial charge in [-0.3, -0.25) is 9.59 Å². The summed E-state index contributed by atoms with van der Waals surface area (Å²) in [5.41, 5.74) is 4.64. The molecule has 0 heterocycles.